The molecule has 0 saturated heterocycles. The first-order chi connectivity index (χ1) is 20.5. The number of benzene rings is 3. The van der Waals surface area contributed by atoms with E-state index in [9.17, 15) is 18.0 Å². The molecule has 3 aromatic rings. The molecule has 2 atom stereocenters. The number of ether oxygens (including phenoxy) is 2. The maximum absolute atomic E-state index is 14.1. The molecule has 0 aliphatic heterocycles. The van der Waals surface area contributed by atoms with Crippen molar-refractivity contribution in [3.63, 3.8) is 0 Å². The number of rotatable bonds is 15. The van der Waals surface area contributed by atoms with E-state index in [1.54, 1.807) is 62.6 Å². The summed E-state index contributed by atoms with van der Waals surface area (Å²) in [6.45, 7) is 7.39. The van der Waals surface area contributed by atoms with Crippen molar-refractivity contribution in [2.45, 2.75) is 62.5 Å². The molecule has 1 N–H and O–H groups in total. The standard InChI is InChI=1S/C32H41N3O6S2/c1-7-23(3)33-32(37)24(4)34(21-25-9-13-27(40-5)14-10-25)31(36)22-35(26-11-15-28(16-12-26)41-8-2)43(38,39)30-19-17-29(42-6)18-20-30/h9-20,23-24H,7-8,21-22H2,1-6H3,(H,33,37). The predicted octanol–water partition coefficient (Wildman–Crippen LogP) is 5.34. The SMILES string of the molecule is CCOc1ccc(N(CC(=O)N(Cc2ccc(OC)cc2)C(C)C(=O)NC(C)CC)S(=O)(=O)c2ccc(SC)cc2)cc1. The topological polar surface area (TPSA) is 105 Å². The van der Waals surface area contributed by atoms with Crippen molar-refractivity contribution in [1.82, 2.24) is 10.2 Å². The van der Waals surface area contributed by atoms with Crippen LogP contribution in [-0.4, -0.2) is 63.7 Å². The molecule has 0 heterocycles. The number of nitrogens with zero attached hydrogens (tertiary/aromatic N) is 2. The Labute approximate surface area is 259 Å². The molecule has 0 spiro atoms. The number of sulfonamides is 1. The summed E-state index contributed by atoms with van der Waals surface area (Å²) < 4.78 is 40.0. The van der Waals surface area contributed by atoms with Gasteiger partial charge in [-0.3, -0.25) is 13.9 Å². The third-order valence-corrected chi connectivity index (χ3v) is 9.57. The first-order valence-corrected chi connectivity index (χ1v) is 16.8. The maximum atomic E-state index is 14.1. The Morgan fingerprint density at radius 1 is 0.907 bits per heavy atom. The molecule has 9 nitrogen and oxygen atoms in total. The van der Waals surface area contributed by atoms with E-state index in [1.165, 1.54) is 28.8 Å². The molecule has 0 bridgehead atoms. The van der Waals surface area contributed by atoms with Gasteiger partial charge < -0.3 is 19.7 Å². The van der Waals surface area contributed by atoms with Crippen LogP contribution in [0.1, 0.15) is 39.7 Å². The van der Waals surface area contributed by atoms with Crippen LogP contribution in [0.2, 0.25) is 0 Å². The highest BCUT2D eigenvalue weighted by Crippen LogP contribution is 2.28. The fourth-order valence-corrected chi connectivity index (χ4v) is 6.08. The summed E-state index contributed by atoms with van der Waals surface area (Å²) in [5.74, 6) is 0.389. The molecule has 0 aromatic heterocycles. The van der Waals surface area contributed by atoms with Gasteiger partial charge in [-0.05, 0) is 99.7 Å². The van der Waals surface area contributed by atoms with Gasteiger partial charge in [-0.15, -0.1) is 11.8 Å². The number of methoxy groups -OCH3 is 1. The molecule has 3 rings (SSSR count). The lowest BCUT2D eigenvalue weighted by Gasteiger charge is -2.32. The Morgan fingerprint density at radius 2 is 1.51 bits per heavy atom. The minimum Gasteiger partial charge on any atom is -0.497 e. The van der Waals surface area contributed by atoms with Crippen molar-refractivity contribution >= 4 is 39.3 Å². The van der Waals surface area contributed by atoms with Crippen LogP contribution < -0.4 is 19.1 Å². The summed E-state index contributed by atoms with van der Waals surface area (Å²) in [6.07, 6.45) is 2.63. The van der Waals surface area contributed by atoms with Gasteiger partial charge in [0.05, 0.1) is 24.3 Å². The smallest absolute Gasteiger partial charge is 0.264 e. The number of thioether (sulfide) groups is 1. The van der Waals surface area contributed by atoms with Crippen LogP contribution in [0.3, 0.4) is 0 Å². The monoisotopic (exact) mass is 627 g/mol. The van der Waals surface area contributed by atoms with Crippen molar-refractivity contribution in [2.24, 2.45) is 0 Å². The molecule has 0 saturated carbocycles. The van der Waals surface area contributed by atoms with Gasteiger partial charge in [-0.1, -0.05) is 19.1 Å². The first-order valence-electron chi connectivity index (χ1n) is 14.2. The number of nitrogens with one attached hydrogen (secondary N) is 1. The molecule has 2 amide bonds. The minimum absolute atomic E-state index is 0.0521. The van der Waals surface area contributed by atoms with E-state index in [0.29, 0.717) is 23.8 Å². The molecule has 0 aliphatic carbocycles. The van der Waals surface area contributed by atoms with E-state index >= 15 is 0 Å². The number of hydrogen-bond donors (Lipinski definition) is 1. The lowest BCUT2D eigenvalue weighted by molar-refractivity contribution is -0.139. The predicted molar refractivity (Wildman–Crippen MR) is 171 cm³/mol. The van der Waals surface area contributed by atoms with Crippen molar-refractivity contribution in [3.05, 3.63) is 78.4 Å². The van der Waals surface area contributed by atoms with Gasteiger partial charge in [0.2, 0.25) is 11.8 Å². The summed E-state index contributed by atoms with van der Waals surface area (Å²) in [4.78, 5) is 29.7. The third kappa shape index (κ3) is 8.90. The Bertz CT molecular complexity index is 1450. The number of amides is 2. The van der Waals surface area contributed by atoms with Gasteiger partial charge in [0.25, 0.3) is 10.0 Å². The highest BCUT2D eigenvalue weighted by atomic mass is 32.2. The van der Waals surface area contributed by atoms with Gasteiger partial charge >= 0.3 is 0 Å². The van der Waals surface area contributed by atoms with Crippen LogP contribution >= 0.6 is 11.8 Å². The Hall–Kier alpha value is -3.70. The fourth-order valence-electron chi connectivity index (χ4n) is 4.25. The number of anilines is 1. The Morgan fingerprint density at radius 3 is 2.05 bits per heavy atom. The largest absolute Gasteiger partial charge is 0.497 e. The minimum atomic E-state index is -4.16. The van der Waals surface area contributed by atoms with Crippen LogP contribution in [0, 0.1) is 0 Å². The molecule has 0 fully saturated rings. The zero-order valence-electron chi connectivity index (χ0n) is 25.6. The summed E-state index contributed by atoms with van der Waals surface area (Å²) in [7, 11) is -2.60. The quantitative estimate of drug-likeness (QED) is 0.227. The molecule has 232 valence electrons. The molecule has 0 aliphatic rings. The number of carbonyl (C=O) groups is 2. The van der Waals surface area contributed by atoms with E-state index in [-0.39, 0.29) is 23.4 Å². The van der Waals surface area contributed by atoms with Crippen LogP contribution in [0.25, 0.3) is 0 Å². The normalized spacial score (nSPS) is 12.6. The van der Waals surface area contributed by atoms with Crippen molar-refractivity contribution in [3.8, 4) is 11.5 Å². The maximum Gasteiger partial charge on any atom is 0.264 e. The van der Waals surface area contributed by atoms with Crippen LogP contribution in [0.4, 0.5) is 5.69 Å². The van der Waals surface area contributed by atoms with E-state index < -0.39 is 28.5 Å². The van der Waals surface area contributed by atoms with Crippen LogP contribution in [0.15, 0.2) is 82.6 Å². The molecule has 2 unspecified atom stereocenters. The fraction of sp³-hybridized carbons (Fsp3) is 0.375. The van der Waals surface area contributed by atoms with Crippen molar-refractivity contribution < 1.29 is 27.5 Å². The summed E-state index contributed by atoms with van der Waals surface area (Å²) in [6, 6.07) is 19.3. The second kappa shape index (κ2) is 15.7. The average Bonchev–Trinajstić information content (AvgIpc) is 3.02. The van der Waals surface area contributed by atoms with Gasteiger partial charge in [-0.25, -0.2) is 8.42 Å². The second-order valence-electron chi connectivity index (χ2n) is 9.98. The first kappa shape index (κ1) is 33.8. The molecule has 3 aromatic carbocycles. The van der Waals surface area contributed by atoms with Crippen molar-refractivity contribution in [1.29, 1.82) is 0 Å². The molecular formula is C32H41N3O6S2. The zero-order valence-corrected chi connectivity index (χ0v) is 27.2. The zero-order chi connectivity index (χ0) is 31.6. The molecular weight excluding hydrogens is 587 g/mol. The highest BCUT2D eigenvalue weighted by molar-refractivity contribution is 7.98. The van der Waals surface area contributed by atoms with Crippen molar-refractivity contribution in [2.75, 3.05) is 30.8 Å². The lowest BCUT2D eigenvalue weighted by Crippen LogP contribution is -2.52. The van der Waals surface area contributed by atoms with Gasteiger partial charge in [-0.2, -0.15) is 0 Å². The lowest BCUT2D eigenvalue weighted by atomic mass is 10.1. The number of carbonyl (C=O) groups excluding carboxylic acids is 2. The summed E-state index contributed by atoms with van der Waals surface area (Å²) >= 11 is 1.50. The van der Waals surface area contributed by atoms with E-state index in [0.717, 1.165) is 21.2 Å². The van der Waals surface area contributed by atoms with Gasteiger partial charge in [0.15, 0.2) is 0 Å². The highest BCUT2D eigenvalue weighted by Gasteiger charge is 2.33. The van der Waals surface area contributed by atoms with E-state index in [4.69, 9.17) is 9.47 Å². The molecule has 43 heavy (non-hydrogen) atoms. The average molecular weight is 628 g/mol. The molecule has 11 heteroatoms. The third-order valence-electron chi connectivity index (χ3n) is 7.04. The summed E-state index contributed by atoms with van der Waals surface area (Å²) in [5.41, 5.74) is 1.06. The second-order valence-corrected chi connectivity index (χ2v) is 12.7. The van der Waals surface area contributed by atoms with E-state index in [2.05, 4.69) is 5.32 Å². The Kier molecular flexibility index (Phi) is 12.3. The molecule has 0 radical (unpaired) electrons. The summed E-state index contributed by atoms with van der Waals surface area (Å²) in [5, 5.41) is 2.94. The van der Waals surface area contributed by atoms with Crippen LogP contribution in [-0.2, 0) is 26.2 Å². The van der Waals surface area contributed by atoms with E-state index in [1.807, 2.05) is 39.2 Å². The van der Waals surface area contributed by atoms with Crippen LogP contribution in [0.5, 0.6) is 11.5 Å². The van der Waals surface area contributed by atoms with Gasteiger partial charge in [0.1, 0.15) is 24.1 Å². The Balaban J connectivity index is 2.03. The number of hydrogen-bond acceptors (Lipinski definition) is 7. The van der Waals surface area contributed by atoms with Gasteiger partial charge in [0, 0.05) is 17.5 Å².